The summed E-state index contributed by atoms with van der Waals surface area (Å²) in [4.78, 5) is 50.0. The van der Waals surface area contributed by atoms with E-state index in [4.69, 9.17) is 9.72 Å². The predicted octanol–water partition coefficient (Wildman–Crippen LogP) is 3.91. The zero-order valence-electron chi connectivity index (χ0n) is 35.9. The van der Waals surface area contributed by atoms with E-state index in [9.17, 15) is 23.2 Å². The number of benzene rings is 1. The summed E-state index contributed by atoms with van der Waals surface area (Å²) in [7, 11) is 1.76. The van der Waals surface area contributed by atoms with Crippen molar-refractivity contribution >= 4 is 34.3 Å². The van der Waals surface area contributed by atoms with Crippen LogP contribution in [0.5, 0.6) is 0 Å². The lowest BCUT2D eigenvalue weighted by Gasteiger charge is -2.54. The zero-order chi connectivity index (χ0) is 43.7. The number of aromatic nitrogens is 10. The fourth-order valence-electron chi connectivity index (χ4n) is 11.0. The number of anilines is 1. The minimum Gasteiger partial charge on any atom is -0.378 e. The molecule has 5 aliphatic rings. The Hall–Kier alpha value is -5.86. The van der Waals surface area contributed by atoms with Crippen LogP contribution in [0.4, 0.5) is 14.6 Å². The molecule has 0 radical (unpaired) electrons. The van der Waals surface area contributed by atoms with Crippen LogP contribution < -0.4 is 15.9 Å². The fraction of sp³-hybridized carbons (Fsp3) is 0.545. The molecule has 4 saturated heterocycles. The maximum Gasteiger partial charge on any atom is 0.329 e. The number of imide groups is 1. The van der Waals surface area contributed by atoms with Gasteiger partial charge in [0.1, 0.15) is 23.2 Å². The highest BCUT2D eigenvalue weighted by Gasteiger charge is 2.45. The van der Waals surface area contributed by atoms with E-state index < -0.39 is 18.4 Å². The van der Waals surface area contributed by atoms with Gasteiger partial charge in [-0.15, -0.1) is 5.10 Å². The second kappa shape index (κ2) is 16.3. The summed E-state index contributed by atoms with van der Waals surface area (Å²) < 4.78 is 42.4. The Kier molecular flexibility index (Phi) is 10.4. The van der Waals surface area contributed by atoms with Crippen molar-refractivity contribution in [1.82, 2.24) is 63.6 Å². The van der Waals surface area contributed by atoms with E-state index >= 15 is 0 Å². The Morgan fingerprint density at radius 3 is 2.52 bits per heavy atom. The number of amides is 2. The molecule has 11 rings (SSSR count). The van der Waals surface area contributed by atoms with Gasteiger partial charge in [-0.1, -0.05) is 17.3 Å². The number of carbonyl (C=O) groups is 2. The van der Waals surface area contributed by atoms with Crippen LogP contribution in [0.1, 0.15) is 81.1 Å². The van der Waals surface area contributed by atoms with Crippen LogP contribution in [-0.2, 0) is 27.9 Å². The van der Waals surface area contributed by atoms with E-state index in [2.05, 4.69) is 46.6 Å². The average Bonchev–Trinajstić information content (AvgIpc) is 4.10. The number of alkyl halides is 2. The maximum atomic E-state index is 14.5. The number of carbonyl (C=O) groups excluding carboxylic acids is 2. The summed E-state index contributed by atoms with van der Waals surface area (Å²) >= 11 is 0. The second-order valence-electron chi connectivity index (χ2n) is 18.5. The molecule has 336 valence electrons. The number of ether oxygens (including phenoxy) is 1. The van der Waals surface area contributed by atoms with Crippen LogP contribution in [0.15, 0.2) is 53.8 Å². The largest absolute Gasteiger partial charge is 0.378 e. The third kappa shape index (κ3) is 7.37. The van der Waals surface area contributed by atoms with Crippen LogP contribution in [0.3, 0.4) is 0 Å². The molecule has 0 bridgehead atoms. The van der Waals surface area contributed by atoms with Crippen LogP contribution in [0.2, 0.25) is 0 Å². The lowest BCUT2D eigenvalue weighted by Crippen LogP contribution is -2.60. The molecule has 5 aromatic heterocycles. The van der Waals surface area contributed by atoms with E-state index in [1.165, 1.54) is 4.68 Å². The molecule has 1 aliphatic carbocycles. The van der Waals surface area contributed by atoms with Gasteiger partial charge in [0.15, 0.2) is 11.3 Å². The van der Waals surface area contributed by atoms with Crippen LogP contribution in [0.25, 0.3) is 33.6 Å². The normalized spacial score (nSPS) is 23.4. The topological polar surface area (TPSA) is 171 Å². The van der Waals surface area contributed by atoms with Crippen LogP contribution in [-0.4, -0.2) is 129 Å². The van der Waals surface area contributed by atoms with E-state index in [0.717, 1.165) is 113 Å². The quantitative estimate of drug-likeness (QED) is 0.197. The number of imidazole rings is 1. The van der Waals surface area contributed by atoms with Crippen molar-refractivity contribution in [3.8, 4) is 16.9 Å². The SMILES string of the molecule is Cn1c(=O)n(C2CCC(=O)NC2=O)c2cccc(CN3CC4(CCN(CC5CCC(n6cc(-n7cc(-c8cnn9ccc(N%10CCOCC%10)nc89)nn7)c(C(F)F)n6)CC5)CC4)C3)c21. The number of aryl methyl sites for hydroxylation is 1. The summed E-state index contributed by atoms with van der Waals surface area (Å²) in [6.45, 7) is 8.69. The monoisotopic (exact) mass is 878 g/mol. The molecule has 1 N–H and O–H groups in total. The van der Waals surface area contributed by atoms with Gasteiger partial charge in [-0.25, -0.2) is 27.8 Å². The lowest BCUT2D eigenvalue weighted by molar-refractivity contribution is -0.135. The number of para-hydroxylation sites is 1. The molecule has 1 spiro atoms. The summed E-state index contributed by atoms with van der Waals surface area (Å²) in [6, 6.07) is 7.16. The Morgan fingerprint density at radius 2 is 1.75 bits per heavy atom. The molecular formula is C44H52F2N14O4. The van der Waals surface area contributed by atoms with Gasteiger partial charge in [0.2, 0.25) is 11.8 Å². The van der Waals surface area contributed by atoms with E-state index in [-0.39, 0.29) is 35.4 Å². The molecular weight excluding hydrogens is 827 g/mol. The molecule has 1 saturated carbocycles. The first-order chi connectivity index (χ1) is 31.1. The smallest absolute Gasteiger partial charge is 0.329 e. The summed E-state index contributed by atoms with van der Waals surface area (Å²) in [6.07, 6.45) is 10.7. The minimum atomic E-state index is -2.77. The van der Waals surface area contributed by atoms with Crippen molar-refractivity contribution in [3.05, 3.63) is 70.8 Å². The number of hydrogen-bond donors (Lipinski definition) is 1. The fourth-order valence-corrected chi connectivity index (χ4v) is 11.0. The first-order valence-electron chi connectivity index (χ1n) is 22.5. The number of nitrogens with zero attached hydrogens (tertiary/aromatic N) is 13. The van der Waals surface area contributed by atoms with Gasteiger partial charge in [0.05, 0.1) is 54.4 Å². The molecule has 9 heterocycles. The Morgan fingerprint density at radius 1 is 0.953 bits per heavy atom. The van der Waals surface area contributed by atoms with Crippen molar-refractivity contribution in [2.24, 2.45) is 18.4 Å². The number of morpholine rings is 1. The van der Waals surface area contributed by atoms with Crippen molar-refractivity contribution in [2.75, 3.05) is 63.9 Å². The van der Waals surface area contributed by atoms with Gasteiger partial charge in [-0.3, -0.25) is 33.6 Å². The van der Waals surface area contributed by atoms with Gasteiger partial charge in [-0.05, 0) is 87.1 Å². The Balaban J connectivity index is 0.685. The zero-order valence-corrected chi connectivity index (χ0v) is 35.9. The predicted molar refractivity (Wildman–Crippen MR) is 230 cm³/mol. The van der Waals surface area contributed by atoms with Gasteiger partial charge in [0, 0.05) is 58.9 Å². The first kappa shape index (κ1) is 40.9. The molecule has 5 fully saturated rings. The van der Waals surface area contributed by atoms with Gasteiger partial charge >= 0.3 is 5.69 Å². The van der Waals surface area contributed by atoms with E-state index in [1.807, 2.05) is 24.4 Å². The number of hydrogen-bond acceptors (Lipinski definition) is 12. The molecule has 18 nitrogen and oxygen atoms in total. The number of nitrogens with one attached hydrogen (secondary N) is 1. The molecule has 4 aliphatic heterocycles. The second-order valence-corrected chi connectivity index (χ2v) is 18.5. The molecule has 2 amide bonds. The minimum absolute atomic E-state index is 0.0303. The highest BCUT2D eigenvalue weighted by Crippen LogP contribution is 2.43. The number of halogens is 2. The highest BCUT2D eigenvalue weighted by atomic mass is 19.3. The third-order valence-electron chi connectivity index (χ3n) is 14.5. The molecule has 1 unspecified atom stereocenters. The number of fused-ring (bicyclic) bond motifs is 2. The molecule has 64 heavy (non-hydrogen) atoms. The molecule has 20 heteroatoms. The molecule has 1 atom stereocenters. The molecule has 6 aromatic rings. The van der Waals surface area contributed by atoms with Crippen molar-refractivity contribution < 1.29 is 23.1 Å². The maximum absolute atomic E-state index is 14.5. The van der Waals surface area contributed by atoms with Gasteiger partial charge in [0.25, 0.3) is 6.43 Å². The standard InChI is InChI=1S/C44H52F2N14O4/c1-53-39-29(3-2-4-33(39)60(43(53)63)34-9-10-37(61)49-42(34)62)23-55-26-44(27-55)12-15-54(16-13-44)22-28-5-7-30(8-6-28)58-25-35(38(51-58)40(45)46)59-24-32(50-52-59)31-21-47-57-14-11-36(48-41(31)57)56-17-19-64-20-18-56/h2-4,11,14,21,24-25,28,30,34,40H,5-10,12-13,15-20,22-23,26-27H2,1H3,(H,49,61,62). The van der Waals surface area contributed by atoms with E-state index in [1.54, 1.807) is 44.0 Å². The number of rotatable bonds is 10. The van der Waals surface area contributed by atoms with Gasteiger partial charge in [-0.2, -0.15) is 10.2 Å². The number of likely N-dealkylation sites (tertiary alicyclic amines) is 2. The lowest BCUT2D eigenvalue weighted by atomic mass is 9.71. The summed E-state index contributed by atoms with van der Waals surface area (Å²) in [5.41, 5.74) is 4.34. The van der Waals surface area contributed by atoms with Crippen molar-refractivity contribution in [1.29, 1.82) is 0 Å². The third-order valence-corrected chi connectivity index (χ3v) is 14.5. The van der Waals surface area contributed by atoms with Crippen LogP contribution >= 0.6 is 0 Å². The van der Waals surface area contributed by atoms with Gasteiger partial charge < -0.3 is 14.5 Å². The number of piperidine rings is 2. The van der Waals surface area contributed by atoms with Crippen molar-refractivity contribution in [3.63, 3.8) is 0 Å². The Bertz CT molecular complexity index is 2780. The van der Waals surface area contributed by atoms with Crippen LogP contribution in [0, 0.1) is 11.3 Å². The molecule has 1 aromatic carbocycles. The summed E-state index contributed by atoms with van der Waals surface area (Å²) in [5, 5.41) is 19.9. The summed E-state index contributed by atoms with van der Waals surface area (Å²) in [5.74, 6) is 0.637. The highest BCUT2D eigenvalue weighted by molar-refractivity contribution is 6.00. The first-order valence-corrected chi connectivity index (χ1v) is 22.5. The van der Waals surface area contributed by atoms with Crippen molar-refractivity contribution in [2.45, 2.75) is 76.4 Å². The Labute approximate surface area is 366 Å². The van der Waals surface area contributed by atoms with E-state index in [0.29, 0.717) is 47.9 Å². The average molecular weight is 879 g/mol.